The van der Waals surface area contributed by atoms with Crippen molar-refractivity contribution < 1.29 is 0 Å². The van der Waals surface area contributed by atoms with E-state index in [1.54, 1.807) is 0 Å². The summed E-state index contributed by atoms with van der Waals surface area (Å²) in [7, 11) is 0. The SMILES string of the molecule is C/C=N\CC(C)C(C)CC. The van der Waals surface area contributed by atoms with Crippen LogP contribution in [-0.4, -0.2) is 12.8 Å². The first-order chi connectivity index (χ1) is 4.72. The molecule has 0 spiro atoms. The molecule has 0 heterocycles. The van der Waals surface area contributed by atoms with E-state index in [-0.39, 0.29) is 0 Å². The molecule has 0 aliphatic carbocycles. The van der Waals surface area contributed by atoms with Gasteiger partial charge < -0.3 is 0 Å². The molecule has 0 bridgehead atoms. The van der Waals surface area contributed by atoms with Gasteiger partial charge in [0.2, 0.25) is 0 Å². The first kappa shape index (κ1) is 9.67. The van der Waals surface area contributed by atoms with Crippen LogP contribution in [0.15, 0.2) is 4.99 Å². The third-order valence-electron chi connectivity index (χ3n) is 2.19. The molecule has 0 aliphatic rings. The Morgan fingerprint density at radius 1 is 1.30 bits per heavy atom. The maximum absolute atomic E-state index is 4.22. The minimum absolute atomic E-state index is 0.737. The summed E-state index contributed by atoms with van der Waals surface area (Å²) in [5, 5.41) is 0. The van der Waals surface area contributed by atoms with Crippen molar-refractivity contribution in [3.63, 3.8) is 0 Å². The molecule has 0 aromatic heterocycles. The van der Waals surface area contributed by atoms with Gasteiger partial charge in [-0.05, 0) is 25.0 Å². The van der Waals surface area contributed by atoms with E-state index in [4.69, 9.17) is 0 Å². The molecule has 1 heteroatoms. The van der Waals surface area contributed by atoms with Crippen molar-refractivity contribution >= 4 is 6.21 Å². The van der Waals surface area contributed by atoms with E-state index in [9.17, 15) is 0 Å². The monoisotopic (exact) mass is 141 g/mol. The van der Waals surface area contributed by atoms with Crippen molar-refractivity contribution in [1.82, 2.24) is 0 Å². The molecule has 0 amide bonds. The van der Waals surface area contributed by atoms with Gasteiger partial charge in [0.05, 0.1) is 0 Å². The molecule has 0 saturated carbocycles. The zero-order valence-electron chi connectivity index (χ0n) is 7.59. The lowest BCUT2D eigenvalue weighted by atomic mass is 9.94. The second-order valence-electron chi connectivity index (χ2n) is 2.99. The largest absolute Gasteiger partial charge is 0.298 e. The van der Waals surface area contributed by atoms with E-state index >= 15 is 0 Å². The van der Waals surface area contributed by atoms with Crippen LogP contribution in [0.25, 0.3) is 0 Å². The highest BCUT2D eigenvalue weighted by molar-refractivity contribution is 5.53. The molecule has 0 aromatic rings. The molecular weight excluding hydrogens is 122 g/mol. The van der Waals surface area contributed by atoms with Gasteiger partial charge in [-0.1, -0.05) is 27.2 Å². The lowest BCUT2D eigenvalue weighted by Gasteiger charge is -2.14. The predicted octanol–water partition coefficient (Wildman–Crippen LogP) is 2.76. The highest BCUT2D eigenvalue weighted by Gasteiger charge is 2.07. The predicted molar refractivity (Wildman–Crippen MR) is 47.7 cm³/mol. The molecule has 1 nitrogen and oxygen atoms in total. The standard InChI is InChI=1S/C9H19N/c1-5-8(3)9(4)7-10-6-2/h6,8-9H,5,7H2,1-4H3/b10-6-. The lowest BCUT2D eigenvalue weighted by Crippen LogP contribution is -2.09. The fourth-order valence-electron chi connectivity index (χ4n) is 0.854. The second kappa shape index (κ2) is 5.45. The van der Waals surface area contributed by atoms with Crippen molar-refractivity contribution in [3.05, 3.63) is 0 Å². The Balaban J connectivity index is 3.50. The smallest absolute Gasteiger partial charge is 0.0413 e. The molecule has 60 valence electrons. The van der Waals surface area contributed by atoms with Gasteiger partial charge in [0.1, 0.15) is 0 Å². The van der Waals surface area contributed by atoms with E-state index < -0.39 is 0 Å². The summed E-state index contributed by atoms with van der Waals surface area (Å²) in [4.78, 5) is 4.22. The minimum Gasteiger partial charge on any atom is -0.298 e. The maximum atomic E-state index is 4.22. The fourth-order valence-corrected chi connectivity index (χ4v) is 0.854. The molecule has 10 heavy (non-hydrogen) atoms. The van der Waals surface area contributed by atoms with E-state index in [0.29, 0.717) is 0 Å². The Bertz CT molecular complexity index is 96.9. The van der Waals surface area contributed by atoms with Gasteiger partial charge in [-0.25, -0.2) is 0 Å². The van der Waals surface area contributed by atoms with Gasteiger partial charge in [0.15, 0.2) is 0 Å². The van der Waals surface area contributed by atoms with Gasteiger partial charge >= 0.3 is 0 Å². The van der Waals surface area contributed by atoms with Gasteiger partial charge in [-0.3, -0.25) is 4.99 Å². The number of rotatable bonds is 4. The van der Waals surface area contributed by atoms with Crippen LogP contribution in [0, 0.1) is 11.8 Å². The Morgan fingerprint density at radius 2 is 1.90 bits per heavy atom. The molecule has 0 aromatic carbocycles. The van der Waals surface area contributed by atoms with Crippen LogP contribution < -0.4 is 0 Å². The zero-order chi connectivity index (χ0) is 7.98. The summed E-state index contributed by atoms with van der Waals surface area (Å²) in [6, 6.07) is 0. The molecule has 0 fully saturated rings. The highest BCUT2D eigenvalue weighted by Crippen LogP contribution is 2.13. The summed E-state index contributed by atoms with van der Waals surface area (Å²) in [5.74, 6) is 1.55. The molecule has 2 unspecified atom stereocenters. The highest BCUT2D eigenvalue weighted by atomic mass is 14.7. The van der Waals surface area contributed by atoms with Gasteiger partial charge in [0, 0.05) is 6.54 Å². The van der Waals surface area contributed by atoms with E-state index in [1.807, 2.05) is 13.1 Å². The van der Waals surface area contributed by atoms with Crippen LogP contribution >= 0.6 is 0 Å². The van der Waals surface area contributed by atoms with Crippen LogP contribution in [0.3, 0.4) is 0 Å². The summed E-state index contributed by atoms with van der Waals surface area (Å²) < 4.78 is 0. The average molecular weight is 141 g/mol. The Morgan fingerprint density at radius 3 is 2.30 bits per heavy atom. The number of hydrogen-bond acceptors (Lipinski definition) is 1. The molecule has 0 aliphatic heterocycles. The van der Waals surface area contributed by atoms with E-state index in [0.717, 1.165) is 18.4 Å². The molecule has 0 rings (SSSR count). The third kappa shape index (κ3) is 3.65. The summed E-state index contributed by atoms with van der Waals surface area (Å²) in [5.41, 5.74) is 0. The number of nitrogens with zero attached hydrogens (tertiary/aromatic N) is 1. The fraction of sp³-hybridized carbons (Fsp3) is 0.889. The first-order valence-electron chi connectivity index (χ1n) is 4.16. The summed E-state index contributed by atoms with van der Waals surface area (Å²) in [6.45, 7) is 9.75. The summed E-state index contributed by atoms with van der Waals surface area (Å²) >= 11 is 0. The number of hydrogen-bond donors (Lipinski definition) is 0. The molecule has 0 radical (unpaired) electrons. The Hall–Kier alpha value is -0.330. The second-order valence-corrected chi connectivity index (χ2v) is 2.99. The first-order valence-corrected chi connectivity index (χ1v) is 4.16. The van der Waals surface area contributed by atoms with Crippen LogP contribution in [-0.2, 0) is 0 Å². The molecule has 0 saturated heterocycles. The van der Waals surface area contributed by atoms with E-state index in [2.05, 4.69) is 25.8 Å². The van der Waals surface area contributed by atoms with Crippen LogP contribution in [0.4, 0.5) is 0 Å². The average Bonchev–Trinajstić information content (AvgIpc) is 1.98. The minimum atomic E-state index is 0.737. The van der Waals surface area contributed by atoms with Crippen molar-refractivity contribution in [2.75, 3.05) is 6.54 Å². The Labute approximate surface area is 64.6 Å². The van der Waals surface area contributed by atoms with Crippen molar-refractivity contribution in [2.24, 2.45) is 16.8 Å². The van der Waals surface area contributed by atoms with E-state index in [1.165, 1.54) is 6.42 Å². The van der Waals surface area contributed by atoms with Gasteiger partial charge in [0.25, 0.3) is 0 Å². The topological polar surface area (TPSA) is 12.4 Å². The van der Waals surface area contributed by atoms with Crippen LogP contribution in [0.2, 0.25) is 0 Å². The normalized spacial score (nSPS) is 17.6. The zero-order valence-corrected chi connectivity index (χ0v) is 7.59. The van der Waals surface area contributed by atoms with Gasteiger partial charge in [-0.2, -0.15) is 0 Å². The van der Waals surface area contributed by atoms with Crippen molar-refractivity contribution in [2.45, 2.75) is 34.1 Å². The molecule has 2 atom stereocenters. The lowest BCUT2D eigenvalue weighted by molar-refractivity contribution is 0.387. The third-order valence-corrected chi connectivity index (χ3v) is 2.19. The Kier molecular flexibility index (Phi) is 5.27. The van der Waals surface area contributed by atoms with Crippen molar-refractivity contribution in [1.29, 1.82) is 0 Å². The maximum Gasteiger partial charge on any atom is 0.0413 e. The van der Waals surface area contributed by atoms with Crippen molar-refractivity contribution in [3.8, 4) is 0 Å². The molecular formula is C9H19N. The van der Waals surface area contributed by atoms with Crippen LogP contribution in [0.5, 0.6) is 0 Å². The van der Waals surface area contributed by atoms with Gasteiger partial charge in [-0.15, -0.1) is 0 Å². The quantitative estimate of drug-likeness (QED) is 0.534. The molecule has 0 N–H and O–H groups in total. The number of aliphatic imine (C=N–C) groups is 1. The summed E-state index contributed by atoms with van der Waals surface area (Å²) in [6.07, 6.45) is 3.15. The van der Waals surface area contributed by atoms with Crippen LogP contribution in [0.1, 0.15) is 34.1 Å².